The predicted molar refractivity (Wildman–Crippen MR) is 151 cm³/mol. The lowest BCUT2D eigenvalue weighted by molar-refractivity contribution is -0.456. The van der Waals surface area contributed by atoms with Crippen LogP contribution in [0.4, 0.5) is 0 Å². The number of ether oxygens (including phenoxy) is 3. The Morgan fingerprint density at radius 3 is 1.43 bits per heavy atom. The van der Waals surface area contributed by atoms with Crippen LogP contribution >= 0.6 is 0 Å². The van der Waals surface area contributed by atoms with Crippen molar-refractivity contribution in [3.8, 4) is 0 Å². The summed E-state index contributed by atoms with van der Waals surface area (Å²) >= 11 is 0. The second-order valence-electron chi connectivity index (χ2n) is 13.2. The Balaban J connectivity index is 3.48. The highest BCUT2D eigenvalue weighted by molar-refractivity contribution is 5.27. The predicted octanol–water partition coefficient (Wildman–Crippen LogP) is 9.96. The quantitative estimate of drug-likeness (QED) is 0.181. The molecule has 0 N–H and O–H groups in total. The standard InChI is InChI=1S/C32H58O3/c1-12-14-16-17-18-19-21-28(27-24-22-26(23-25-27)20-15-13-2)32(33-29(3,4)5,34-30(6,7)8)35-31(9,10)11/h22-25,28H,12-21H2,1-11H3. The van der Waals surface area contributed by atoms with E-state index in [1.165, 1.54) is 56.1 Å². The molecule has 0 amide bonds. The fourth-order valence-electron chi connectivity index (χ4n) is 4.53. The highest BCUT2D eigenvalue weighted by Gasteiger charge is 2.51. The third kappa shape index (κ3) is 13.3. The van der Waals surface area contributed by atoms with Crippen LogP contribution in [0.15, 0.2) is 24.3 Å². The molecule has 1 rings (SSSR count). The molecule has 0 saturated carbocycles. The van der Waals surface area contributed by atoms with Crippen molar-refractivity contribution in [1.29, 1.82) is 0 Å². The molecule has 1 atom stereocenters. The summed E-state index contributed by atoms with van der Waals surface area (Å²) in [4.78, 5) is 0. The number of unbranched alkanes of at least 4 members (excludes halogenated alkanes) is 6. The van der Waals surface area contributed by atoms with Gasteiger partial charge in [0.25, 0.3) is 5.97 Å². The molecule has 204 valence electrons. The normalized spacial score (nSPS) is 14.4. The molecule has 0 fully saturated rings. The van der Waals surface area contributed by atoms with E-state index in [4.69, 9.17) is 14.2 Å². The van der Waals surface area contributed by atoms with Crippen LogP contribution in [0, 0.1) is 0 Å². The van der Waals surface area contributed by atoms with Crippen LogP contribution in [-0.2, 0) is 20.6 Å². The van der Waals surface area contributed by atoms with Crippen LogP contribution in [0.3, 0.4) is 0 Å². The smallest absolute Gasteiger partial charge is 0.291 e. The van der Waals surface area contributed by atoms with E-state index in [9.17, 15) is 0 Å². The SMILES string of the molecule is CCCCCCCCC(c1ccc(CCCC)cc1)C(OC(C)(C)C)(OC(C)(C)C)OC(C)(C)C. The van der Waals surface area contributed by atoms with Crippen molar-refractivity contribution in [2.24, 2.45) is 0 Å². The average molecular weight is 491 g/mol. The highest BCUT2D eigenvalue weighted by atomic mass is 16.9. The van der Waals surface area contributed by atoms with Crippen LogP contribution in [0.1, 0.15) is 151 Å². The molecule has 1 unspecified atom stereocenters. The first-order chi connectivity index (χ1) is 16.1. The fraction of sp³-hybridized carbons (Fsp3) is 0.812. The molecule has 35 heavy (non-hydrogen) atoms. The van der Waals surface area contributed by atoms with Crippen molar-refractivity contribution in [1.82, 2.24) is 0 Å². The van der Waals surface area contributed by atoms with Gasteiger partial charge >= 0.3 is 0 Å². The second kappa shape index (κ2) is 14.1. The average Bonchev–Trinajstić information content (AvgIpc) is 2.68. The molecular weight excluding hydrogens is 432 g/mol. The van der Waals surface area contributed by atoms with Gasteiger partial charge < -0.3 is 14.2 Å². The lowest BCUT2D eigenvalue weighted by Gasteiger charge is -2.49. The molecule has 1 aromatic rings. The van der Waals surface area contributed by atoms with Gasteiger partial charge in [-0.3, -0.25) is 0 Å². The van der Waals surface area contributed by atoms with Crippen LogP contribution < -0.4 is 0 Å². The third-order valence-corrected chi connectivity index (χ3v) is 5.82. The third-order valence-electron chi connectivity index (χ3n) is 5.82. The Kier molecular flexibility index (Phi) is 13.0. The molecule has 3 nitrogen and oxygen atoms in total. The first kappa shape index (κ1) is 32.1. The maximum Gasteiger partial charge on any atom is 0.291 e. The van der Waals surface area contributed by atoms with Crippen molar-refractivity contribution in [3.05, 3.63) is 35.4 Å². The van der Waals surface area contributed by atoms with E-state index in [1.807, 2.05) is 0 Å². The molecule has 3 heteroatoms. The molecule has 0 aliphatic carbocycles. The second-order valence-corrected chi connectivity index (χ2v) is 13.2. The van der Waals surface area contributed by atoms with Gasteiger partial charge in [0.1, 0.15) is 0 Å². The summed E-state index contributed by atoms with van der Waals surface area (Å²) in [5.74, 6) is -1.23. The number of hydrogen-bond donors (Lipinski definition) is 0. The highest BCUT2D eigenvalue weighted by Crippen LogP contribution is 2.45. The number of benzene rings is 1. The van der Waals surface area contributed by atoms with Crippen LogP contribution in [0.2, 0.25) is 0 Å². The van der Waals surface area contributed by atoms with E-state index in [0.717, 1.165) is 19.3 Å². The van der Waals surface area contributed by atoms with Crippen molar-refractivity contribution in [2.75, 3.05) is 0 Å². The van der Waals surface area contributed by atoms with Gasteiger partial charge in [0.05, 0.1) is 22.7 Å². The molecular formula is C32H58O3. The molecule has 0 radical (unpaired) electrons. The molecule has 0 heterocycles. The van der Waals surface area contributed by atoms with Crippen LogP contribution in [-0.4, -0.2) is 22.8 Å². The van der Waals surface area contributed by atoms with Crippen molar-refractivity contribution >= 4 is 0 Å². The topological polar surface area (TPSA) is 27.7 Å². The summed E-state index contributed by atoms with van der Waals surface area (Å²) in [5, 5.41) is 0. The number of aryl methyl sites for hydroxylation is 1. The minimum absolute atomic E-state index is 0.0356. The minimum Gasteiger partial charge on any atom is -0.321 e. The Morgan fingerprint density at radius 1 is 0.571 bits per heavy atom. The first-order valence-electron chi connectivity index (χ1n) is 14.3. The van der Waals surface area contributed by atoms with E-state index in [0.29, 0.717) is 0 Å². The van der Waals surface area contributed by atoms with Crippen molar-refractivity contribution < 1.29 is 14.2 Å². The van der Waals surface area contributed by atoms with Gasteiger partial charge in [-0.2, -0.15) is 0 Å². The van der Waals surface area contributed by atoms with Gasteiger partial charge in [-0.05, 0) is 92.7 Å². The van der Waals surface area contributed by atoms with Gasteiger partial charge in [-0.25, -0.2) is 0 Å². The summed E-state index contributed by atoms with van der Waals surface area (Å²) in [7, 11) is 0. The Morgan fingerprint density at radius 2 is 1.00 bits per heavy atom. The summed E-state index contributed by atoms with van der Waals surface area (Å²) in [6.45, 7) is 23.4. The zero-order chi connectivity index (χ0) is 26.8. The van der Waals surface area contributed by atoms with Crippen molar-refractivity contribution in [2.45, 2.75) is 169 Å². The van der Waals surface area contributed by atoms with Crippen molar-refractivity contribution in [3.63, 3.8) is 0 Å². The van der Waals surface area contributed by atoms with E-state index < -0.39 is 22.8 Å². The van der Waals surface area contributed by atoms with E-state index >= 15 is 0 Å². The Hall–Kier alpha value is -0.900. The van der Waals surface area contributed by atoms with E-state index in [1.54, 1.807) is 0 Å². The number of rotatable bonds is 15. The monoisotopic (exact) mass is 490 g/mol. The molecule has 0 spiro atoms. The van der Waals surface area contributed by atoms with E-state index in [2.05, 4.69) is 100 Å². The largest absolute Gasteiger partial charge is 0.321 e. The maximum atomic E-state index is 6.84. The summed E-state index contributed by atoms with van der Waals surface area (Å²) in [6.07, 6.45) is 12.1. The lowest BCUT2D eigenvalue weighted by Crippen LogP contribution is -2.55. The van der Waals surface area contributed by atoms with Gasteiger partial charge in [0.2, 0.25) is 0 Å². The summed E-state index contributed by atoms with van der Waals surface area (Å²) in [6, 6.07) is 9.14. The van der Waals surface area contributed by atoms with Gasteiger partial charge in [0, 0.05) is 0 Å². The van der Waals surface area contributed by atoms with Gasteiger partial charge in [-0.15, -0.1) is 0 Å². The van der Waals surface area contributed by atoms with Gasteiger partial charge in [0.15, 0.2) is 0 Å². The maximum absolute atomic E-state index is 6.84. The van der Waals surface area contributed by atoms with Gasteiger partial charge in [-0.1, -0.05) is 83.1 Å². The van der Waals surface area contributed by atoms with Crippen LogP contribution in [0.5, 0.6) is 0 Å². The first-order valence-corrected chi connectivity index (χ1v) is 14.3. The molecule has 0 saturated heterocycles. The molecule has 0 aromatic heterocycles. The summed E-state index contributed by atoms with van der Waals surface area (Å²) < 4.78 is 20.5. The minimum atomic E-state index is -1.19. The summed E-state index contributed by atoms with van der Waals surface area (Å²) in [5.41, 5.74) is 1.33. The molecule has 1 aromatic carbocycles. The Labute approximate surface area is 218 Å². The molecule has 0 aliphatic rings. The molecule has 0 aliphatic heterocycles. The fourth-order valence-corrected chi connectivity index (χ4v) is 4.53. The zero-order valence-corrected chi connectivity index (χ0v) is 25.2. The van der Waals surface area contributed by atoms with E-state index in [-0.39, 0.29) is 5.92 Å². The zero-order valence-electron chi connectivity index (χ0n) is 25.2. The lowest BCUT2D eigenvalue weighted by atomic mass is 9.88. The number of hydrogen-bond acceptors (Lipinski definition) is 3. The Bertz CT molecular complexity index is 645. The molecule has 0 bridgehead atoms. The van der Waals surface area contributed by atoms with Crippen LogP contribution in [0.25, 0.3) is 0 Å².